The predicted molar refractivity (Wildman–Crippen MR) is 68.8 cm³/mol. The Morgan fingerprint density at radius 1 is 0.867 bits per heavy atom. The Bertz CT molecular complexity index is 240. The molecule has 0 heterocycles. The second-order valence-electron chi connectivity index (χ2n) is 5.79. The molecule has 1 aliphatic carbocycles. The van der Waals surface area contributed by atoms with Crippen molar-refractivity contribution in [3.8, 4) is 0 Å². The Labute approximate surface area is 95.5 Å². The van der Waals surface area contributed by atoms with Gasteiger partial charge in [0.15, 0.2) is 0 Å². The summed E-state index contributed by atoms with van der Waals surface area (Å²) in [7, 11) is 0. The molecule has 0 aromatic rings. The fourth-order valence-corrected chi connectivity index (χ4v) is 2.07. The van der Waals surface area contributed by atoms with Crippen LogP contribution in [0.5, 0.6) is 0 Å². The maximum Gasteiger partial charge on any atom is -0.00247 e. The number of allylic oxidation sites excluding steroid dienone is 4. The van der Waals surface area contributed by atoms with E-state index >= 15 is 0 Å². The van der Waals surface area contributed by atoms with Crippen molar-refractivity contribution in [3.63, 3.8) is 0 Å². The fraction of sp³-hybridized carbons (Fsp3) is 0.733. The van der Waals surface area contributed by atoms with Gasteiger partial charge in [-0.15, -0.1) is 0 Å². The average molecular weight is 206 g/mol. The summed E-state index contributed by atoms with van der Waals surface area (Å²) in [4.78, 5) is 0. The molecule has 0 saturated heterocycles. The number of rotatable bonds is 3. The highest BCUT2D eigenvalue weighted by Crippen LogP contribution is 2.33. The minimum Gasteiger partial charge on any atom is -0.0776 e. The molecule has 0 spiro atoms. The van der Waals surface area contributed by atoms with E-state index in [0.717, 1.165) is 5.92 Å². The summed E-state index contributed by atoms with van der Waals surface area (Å²) >= 11 is 0. The van der Waals surface area contributed by atoms with Gasteiger partial charge in [0.25, 0.3) is 0 Å². The fourth-order valence-electron chi connectivity index (χ4n) is 2.07. The van der Waals surface area contributed by atoms with Gasteiger partial charge in [-0.1, -0.05) is 64.8 Å². The molecule has 0 radical (unpaired) electrons. The van der Waals surface area contributed by atoms with E-state index < -0.39 is 0 Å². The van der Waals surface area contributed by atoms with Crippen LogP contribution in [0.1, 0.15) is 48.0 Å². The van der Waals surface area contributed by atoms with E-state index in [4.69, 9.17) is 0 Å². The Balaban J connectivity index is 2.89. The lowest BCUT2D eigenvalue weighted by molar-refractivity contribution is 0.517. The summed E-state index contributed by atoms with van der Waals surface area (Å²) < 4.78 is 0. The Kier molecular flexibility index (Phi) is 4.19. The van der Waals surface area contributed by atoms with Crippen LogP contribution in [0.25, 0.3) is 0 Å². The van der Waals surface area contributed by atoms with Crippen LogP contribution in [0.3, 0.4) is 0 Å². The summed E-state index contributed by atoms with van der Waals surface area (Å²) in [6.45, 7) is 13.9. The van der Waals surface area contributed by atoms with E-state index in [0.29, 0.717) is 17.8 Å². The highest BCUT2D eigenvalue weighted by atomic mass is 14.2. The molecule has 0 aliphatic heterocycles. The minimum absolute atomic E-state index is 0.661. The molecule has 15 heavy (non-hydrogen) atoms. The van der Waals surface area contributed by atoms with E-state index in [9.17, 15) is 0 Å². The lowest BCUT2D eigenvalue weighted by atomic mass is 9.79. The molecule has 0 aromatic heterocycles. The van der Waals surface area contributed by atoms with Gasteiger partial charge >= 0.3 is 0 Å². The quantitative estimate of drug-likeness (QED) is 0.580. The predicted octanol–water partition coefficient (Wildman–Crippen LogP) is 4.83. The van der Waals surface area contributed by atoms with Gasteiger partial charge in [-0.2, -0.15) is 0 Å². The molecule has 0 heteroatoms. The van der Waals surface area contributed by atoms with Crippen molar-refractivity contribution >= 4 is 0 Å². The van der Waals surface area contributed by atoms with Gasteiger partial charge in [0.05, 0.1) is 0 Å². The summed E-state index contributed by atoms with van der Waals surface area (Å²) in [6, 6.07) is 0. The molecular weight excluding hydrogens is 180 g/mol. The first-order valence-electron chi connectivity index (χ1n) is 6.33. The molecule has 0 aromatic carbocycles. The lowest BCUT2D eigenvalue weighted by Crippen LogP contribution is -2.14. The van der Waals surface area contributed by atoms with Crippen molar-refractivity contribution < 1.29 is 0 Å². The molecule has 0 unspecified atom stereocenters. The molecule has 1 aliphatic rings. The molecule has 86 valence electrons. The maximum absolute atomic E-state index is 2.50. The molecule has 0 bridgehead atoms. The van der Waals surface area contributed by atoms with Crippen LogP contribution in [-0.4, -0.2) is 0 Å². The van der Waals surface area contributed by atoms with Crippen LogP contribution < -0.4 is 0 Å². The zero-order valence-corrected chi connectivity index (χ0v) is 11.2. The monoisotopic (exact) mass is 206 g/mol. The Hall–Kier alpha value is -0.520. The molecule has 0 atom stereocenters. The number of hydrogen-bond acceptors (Lipinski definition) is 0. The van der Waals surface area contributed by atoms with Gasteiger partial charge < -0.3 is 0 Å². The smallest absolute Gasteiger partial charge is 0.00247 e. The van der Waals surface area contributed by atoms with Gasteiger partial charge in [0, 0.05) is 0 Å². The lowest BCUT2D eigenvalue weighted by Gasteiger charge is -2.27. The van der Waals surface area contributed by atoms with Gasteiger partial charge in [0.1, 0.15) is 0 Å². The highest BCUT2D eigenvalue weighted by molar-refractivity contribution is 5.27. The van der Waals surface area contributed by atoms with Gasteiger partial charge in [-0.05, 0) is 30.1 Å². The van der Waals surface area contributed by atoms with E-state index in [1.807, 2.05) is 0 Å². The third-order valence-electron chi connectivity index (χ3n) is 3.47. The van der Waals surface area contributed by atoms with Crippen LogP contribution in [-0.2, 0) is 0 Å². The minimum atomic E-state index is 0.661. The summed E-state index contributed by atoms with van der Waals surface area (Å²) in [5.74, 6) is 2.80. The molecular formula is C15H26. The second kappa shape index (κ2) is 5.01. The molecule has 1 rings (SSSR count). The zero-order valence-electron chi connectivity index (χ0n) is 11.2. The molecule has 0 nitrogen and oxygen atoms in total. The SMILES string of the molecule is CC(C)C1=CC(C(C)C)C=C(C(C)C)C1. The van der Waals surface area contributed by atoms with Crippen molar-refractivity contribution in [3.05, 3.63) is 23.3 Å². The summed E-state index contributed by atoms with van der Waals surface area (Å²) in [5.41, 5.74) is 3.28. The van der Waals surface area contributed by atoms with E-state index in [1.54, 1.807) is 11.1 Å². The van der Waals surface area contributed by atoms with Crippen molar-refractivity contribution in [2.24, 2.45) is 23.7 Å². The summed E-state index contributed by atoms with van der Waals surface area (Å²) in [6.07, 6.45) is 6.21. The molecule has 0 amide bonds. The second-order valence-corrected chi connectivity index (χ2v) is 5.79. The summed E-state index contributed by atoms with van der Waals surface area (Å²) in [5, 5.41) is 0. The zero-order chi connectivity index (χ0) is 11.6. The highest BCUT2D eigenvalue weighted by Gasteiger charge is 2.19. The topological polar surface area (TPSA) is 0 Å². The number of hydrogen-bond donors (Lipinski definition) is 0. The van der Waals surface area contributed by atoms with Gasteiger partial charge in [-0.3, -0.25) is 0 Å². The van der Waals surface area contributed by atoms with Crippen molar-refractivity contribution in [2.45, 2.75) is 48.0 Å². The van der Waals surface area contributed by atoms with Crippen LogP contribution >= 0.6 is 0 Å². The first-order chi connectivity index (χ1) is 6.91. The van der Waals surface area contributed by atoms with Crippen LogP contribution in [0.15, 0.2) is 23.3 Å². The van der Waals surface area contributed by atoms with Crippen molar-refractivity contribution in [2.75, 3.05) is 0 Å². The standard InChI is InChI=1S/C15H26/c1-10(2)13-7-14(11(3)4)9-15(8-13)12(5)6/h7-8,10-13H,9H2,1-6H3. The van der Waals surface area contributed by atoms with E-state index in [2.05, 4.69) is 53.7 Å². The van der Waals surface area contributed by atoms with Crippen LogP contribution in [0.2, 0.25) is 0 Å². The normalized spacial score (nSPS) is 18.7. The van der Waals surface area contributed by atoms with Gasteiger partial charge in [0.2, 0.25) is 0 Å². The molecule has 0 saturated carbocycles. The van der Waals surface area contributed by atoms with Crippen molar-refractivity contribution in [1.82, 2.24) is 0 Å². The van der Waals surface area contributed by atoms with Crippen molar-refractivity contribution in [1.29, 1.82) is 0 Å². The largest absolute Gasteiger partial charge is 0.0776 e. The van der Waals surface area contributed by atoms with E-state index in [1.165, 1.54) is 6.42 Å². The van der Waals surface area contributed by atoms with Crippen LogP contribution in [0, 0.1) is 23.7 Å². The Morgan fingerprint density at radius 2 is 1.27 bits per heavy atom. The maximum atomic E-state index is 2.50. The van der Waals surface area contributed by atoms with E-state index in [-0.39, 0.29) is 0 Å². The van der Waals surface area contributed by atoms with Crippen LogP contribution in [0.4, 0.5) is 0 Å². The third kappa shape index (κ3) is 3.22. The third-order valence-corrected chi connectivity index (χ3v) is 3.47. The van der Waals surface area contributed by atoms with Gasteiger partial charge in [-0.25, -0.2) is 0 Å². The molecule has 0 N–H and O–H groups in total. The molecule has 0 fully saturated rings. The first-order valence-corrected chi connectivity index (χ1v) is 6.33. The Morgan fingerprint density at radius 3 is 1.53 bits per heavy atom. The average Bonchev–Trinajstić information content (AvgIpc) is 2.16. The first kappa shape index (κ1) is 12.5.